The van der Waals surface area contributed by atoms with Crippen molar-refractivity contribution < 1.29 is 9.66 Å². The minimum Gasteiger partial charge on any atom is -0.454 e. The average molecular weight is 276 g/mol. The summed E-state index contributed by atoms with van der Waals surface area (Å²) in [6.45, 7) is 2.86. The molecule has 1 aromatic carbocycles. The molecule has 2 aromatic rings. The molecule has 1 N–H and O–H groups in total. The molecule has 0 saturated carbocycles. The second-order valence-corrected chi connectivity index (χ2v) is 4.26. The number of ether oxygens (including phenoxy) is 1. The maximum absolute atomic E-state index is 10.9. The van der Waals surface area contributed by atoms with Gasteiger partial charge in [0.2, 0.25) is 0 Å². The molecule has 0 radical (unpaired) electrons. The van der Waals surface area contributed by atoms with Crippen LogP contribution in [0.15, 0.2) is 30.6 Å². The summed E-state index contributed by atoms with van der Waals surface area (Å²) in [5, 5.41) is 17.9. The Bertz CT molecular complexity index is 609. The first-order valence-corrected chi connectivity index (χ1v) is 6.30. The van der Waals surface area contributed by atoms with E-state index in [1.807, 2.05) is 0 Å². The van der Waals surface area contributed by atoms with Gasteiger partial charge in [0.25, 0.3) is 5.69 Å². The number of nitro groups is 1. The fraction of sp³-hybridized carbons (Fsp3) is 0.308. The van der Waals surface area contributed by atoms with Crippen LogP contribution >= 0.6 is 0 Å². The summed E-state index contributed by atoms with van der Waals surface area (Å²) in [4.78, 5) is 10.4. The van der Waals surface area contributed by atoms with Crippen LogP contribution < -0.4 is 10.1 Å². The number of anilines is 1. The van der Waals surface area contributed by atoms with E-state index in [0.29, 0.717) is 17.2 Å². The molecule has 7 nitrogen and oxygen atoms in total. The van der Waals surface area contributed by atoms with Gasteiger partial charge in [0, 0.05) is 31.4 Å². The van der Waals surface area contributed by atoms with E-state index in [9.17, 15) is 10.1 Å². The van der Waals surface area contributed by atoms with E-state index in [1.54, 1.807) is 30.2 Å². The van der Waals surface area contributed by atoms with Crippen LogP contribution in [0.2, 0.25) is 0 Å². The van der Waals surface area contributed by atoms with Gasteiger partial charge in [0.1, 0.15) is 5.75 Å². The first kappa shape index (κ1) is 13.9. The third kappa shape index (κ3) is 3.25. The predicted molar refractivity (Wildman–Crippen MR) is 75.2 cm³/mol. The zero-order valence-corrected chi connectivity index (χ0v) is 11.4. The number of nitro benzene ring substituents is 1. The van der Waals surface area contributed by atoms with Crippen molar-refractivity contribution in [3.63, 3.8) is 0 Å². The third-order valence-electron chi connectivity index (χ3n) is 2.69. The van der Waals surface area contributed by atoms with Crippen LogP contribution in [0.4, 0.5) is 11.4 Å². The molecule has 0 unspecified atom stereocenters. The van der Waals surface area contributed by atoms with Gasteiger partial charge >= 0.3 is 0 Å². The smallest absolute Gasteiger partial charge is 0.275 e. The van der Waals surface area contributed by atoms with Gasteiger partial charge in [-0.3, -0.25) is 14.8 Å². The molecule has 106 valence electrons. The molecule has 0 saturated heterocycles. The van der Waals surface area contributed by atoms with Gasteiger partial charge in [0.15, 0.2) is 5.75 Å². The molecule has 0 bridgehead atoms. The highest BCUT2D eigenvalue weighted by atomic mass is 16.6. The van der Waals surface area contributed by atoms with Crippen molar-refractivity contribution in [2.24, 2.45) is 0 Å². The Balaban J connectivity index is 2.22. The largest absolute Gasteiger partial charge is 0.454 e. The van der Waals surface area contributed by atoms with Crippen molar-refractivity contribution in [1.82, 2.24) is 9.78 Å². The number of nitrogens with one attached hydrogen (secondary N) is 1. The molecule has 0 aliphatic heterocycles. The van der Waals surface area contributed by atoms with Crippen LogP contribution in [0, 0.1) is 10.1 Å². The maximum Gasteiger partial charge on any atom is 0.275 e. The van der Waals surface area contributed by atoms with Crippen LogP contribution in [0.1, 0.15) is 13.3 Å². The van der Waals surface area contributed by atoms with Crippen molar-refractivity contribution in [3.05, 3.63) is 40.7 Å². The molecule has 0 aliphatic rings. The lowest BCUT2D eigenvalue weighted by Gasteiger charge is -2.06. The third-order valence-corrected chi connectivity index (χ3v) is 2.69. The molecule has 1 heterocycles. The van der Waals surface area contributed by atoms with Gasteiger partial charge < -0.3 is 10.1 Å². The second-order valence-electron chi connectivity index (χ2n) is 4.26. The Morgan fingerprint density at radius 1 is 1.40 bits per heavy atom. The molecule has 0 aliphatic carbocycles. The second kappa shape index (κ2) is 6.05. The highest BCUT2D eigenvalue weighted by molar-refractivity contribution is 5.56. The Morgan fingerprint density at radius 3 is 2.85 bits per heavy atom. The van der Waals surface area contributed by atoms with E-state index in [0.717, 1.165) is 13.0 Å². The van der Waals surface area contributed by atoms with E-state index in [4.69, 9.17) is 4.74 Å². The highest BCUT2D eigenvalue weighted by Gasteiger charge is 2.11. The fourth-order valence-corrected chi connectivity index (χ4v) is 1.78. The van der Waals surface area contributed by atoms with Gasteiger partial charge in [-0.1, -0.05) is 6.92 Å². The summed E-state index contributed by atoms with van der Waals surface area (Å²) in [7, 11) is 1.70. The summed E-state index contributed by atoms with van der Waals surface area (Å²) in [5.74, 6) is 0.959. The van der Waals surface area contributed by atoms with Gasteiger partial charge in [-0.2, -0.15) is 5.10 Å². The van der Waals surface area contributed by atoms with E-state index >= 15 is 0 Å². The number of hydrogen-bond acceptors (Lipinski definition) is 5. The van der Waals surface area contributed by atoms with E-state index < -0.39 is 4.92 Å². The Morgan fingerprint density at radius 2 is 2.20 bits per heavy atom. The van der Waals surface area contributed by atoms with Crippen molar-refractivity contribution >= 4 is 11.4 Å². The number of benzene rings is 1. The Labute approximate surface area is 116 Å². The number of nitrogens with zero attached hydrogens (tertiary/aromatic N) is 3. The molecule has 7 heteroatoms. The first-order chi connectivity index (χ1) is 9.62. The van der Waals surface area contributed by atoms with Crippen molar-refractivity contribution in [2.45, 2.75) is 19.9 Å². The molecule has 0 fully saturated rings. The lowest BCUT2D eigenvalue weighted by Crippen LogP contribution is -1.95. The molecule has 0 spiro atoms. The van der Waals surface area contributed by atoms with Crippen molar-refractivity contribution in [2.75, 3.05) is 12.4 Å². The monoisotopic (exact) mass is 276 g/mol. The first-order valence-electron chi connectivity index (χ1n) is 6.30. The summed E-state index contributed by atoms with van der Waals surface area (Å²) in [5.41, 5.74) is 0.600. The van der Waals surface area contributed by atoms with Crippen molar-refractivity contribution in [1.29, 1.82) is 0 Å². The lowest BCUT2D eigenvalue weighted by molar-refractivity contribution is -0.384. The minimum atomic E-state index is -0.450. The van der Waals surface area contributed by atoms with E-state index in [1.165, 1.54) is 12.1 Å². The van der Waals surface area contributed by atoms with E-state index in [-0.39, 0.29) is 5.69 Å². The van der Waals surface area contributed by atoms with Crippen LogP contribution in [0.25, 0.3) is 0 Å². The molecular weight excluding hydrogens is 260 g/mol. The fourth-order valence-electron chi connectivity index (χ4n) is 1.78. The average Bonchev–Trinajstić information content (AvgIpc) is 2.86. The molecule has 20 heavy (non-hydrogen) atoms. The van der Waals surface area contributed by atoms with Crippen LogP contribution in [-0.4, -0.2) is 21.8 Å². The minimum absolute atomic E-state index is 0.0206. The zero-order valence-electron chi connectivity index (χ0n) is 11.4. The number of aryl methyl sites for hydroxylation is 1. The highest BCUT2D eigenvalue weighted by Crippen LogP contribution is 2.29. The summed E-state index contributed by atoms with van der Waals surface area (Å²) in [6, 6.07) is 4.54. The summed E-state index contributed by atoms with van der Waals surface area (Å²) < 4.78 is 7.38. The van der Waals surface area contributed by atoms with Crippen LogP contribution in [0.5, 0.6) is 11.5 Å². The Kier molecular flexibility index (Phi) is 4.19. The molecule has 0 atom stereocenters. The quantitative estimate of drug-likeness (QED) is 0.647. The molecule has 0 amide bonds. The molecular formula is C13H16N4O3. The van der Waals surface area contributed by atoms with E-state index in [2.05, 4.69) is 17.3 Å². The number of rotatable bonds is 6. The standard InChI is InChI=1S/C13H16N4O3/c1-3-4-16-9-13(8-15-16)20-12-6-10(14-2)5-11(7-12)17(18)19/h5-9,14H,3-4H2,1-2H3. The number of non-ortho nitro benzene ring substituents is 1. The summed E-state index contributed by atoms with van der Waals surface area (Å²) in [6.07, 6.45) is 4.33. The van der Waals surface area contributed by atoms with Gasteiger partial charge in [-0.15, -0.1) is 0 Å². The number of aromatic nitrogens is 2. The maximum atomic E-state index is 10.9. The molecule has 1 aromatic heterocycles. The van der Waals surface area contributed by atoms with Crippen molar-refractivity contribution in [3.8, 4) is 11.5 Å². The lowest BCUT2D eigenvalue weighted by atomic mass is 10.2. The predicted octanol–water partition coefficient (Wildman–Crippen LogP) is 3.04. The Hall–Kier alpha value is -2.57. The van der Waals surface area contributed by atoms with Crippen LogP contribution in [0.3, 0.4) is 0 Å². The SMILES string of the molecule is CCCn1cc(Oc2cc(NC)cc([N+](=O)[O-])c2)cn1. The summed E-state index contributed by atoms with van der Waals surface area (Å²) >= 11 is 0. The topological polar surface area (TPSA) is 82.2 Å². The van der Waals surface area contributed by atoms with Gasteiger partial charge in [-0.25, -0.2) is 0 Å². The zero-order chi connectivity index (χ0) is 14.5. The normalized spacial score (nSPS) is 10.3. The van der Waals surface area contributed by atoms with Gasteiger partial charge in [-0.05, 0) is 6.42 Å². The molecule has 2 rings (SSSR count). The van der Waals surface area contributed by atoms with Crippen LogP contribution in [-0.2, 0) is 6.54 Å². The van der Waals surface area contributed by atoms with Gasteiger partial charge in [0.05, 0.1) is 23.4 Å². The number of hydrogen-bond donors (Lipinski definition) is 1.